The Morgan fingerprint density at radius 3 is 2.11 bits per heavy atom. The van der Waals surface area contributed by atoms with Crippen LogP contribution >= 0.6 is 0 Å². The zero-order chi connectivity index (χ0) is 14.0. The summed E-state index contributed by atoms with van der Waals surface area (Å²) in [6, 6.07) is 0. The van der Waals surface area contributed by atoms with Gasteiger partial charge in [0.25, 0.3) is 0 Å². The van der Waals surface area contributed by atoms with Crippen molar-refractivity contribution in [3.05, 3.63) is 0 Å². The van der Waals surface area contributed by atoms with E-state index >= 15 is 0 Å². The maximum absolute atomic E-state index is 5.50. The molecule has 0 bridgehead atoms. The summed E-state index contributed by atoms with van der Waals surface area (Å²) in [6.07, 6.45) is 3.80. The Hall–Kier alpha value is -0.160. The van der Waals surface area contributed by atoms with Crippen molar-refractivity contribution in [2.24, 2.45) is 0 Å². The van der Waals surface area contributed by atoms with E-state index in [0.717, 1.165) is 46.1 Å². The summed E-state index contributed by atoms with van der Waals surface area (Å²) in [5.41, 5.74) is 0.318. The first kappa shape index (κ1) is 16.9. The van der Waals surface area contributed by atoms with Gasteiger partial charge in [0, 0.05) is 38.4 Å². The Morgan fingerprint density at radius 1 is 1.05 bits per heavy atom. The molecular formula is C15H32N2O2. The maximum atomic E-state index is 5.50. The molecule has 0 saturated carbocycles. The zero-order valence-electron chi connectivity index (χ0n) is 13.0. The second-order valence-electron chi connectivity index (χ2n) is 5.33. The fourth-order valence-corrected chi connectivity index (χ4v) is 2.79. The first-order valence-corrected chi connectivity index (χ1v) is 7.89. The Balaban J connectivity index is 2.41. The van der Waals surface area contributed by atoms with Crippen molar-refractivity contribution in [1.82, 2.24) is 10.2 Å². The van der Waals surface area contributed by atoms with Crippen LogP contribution in [0.2, 0.25) is 0 Å². The zero-order valence-corrected chi connectivity index (χ0v) is 13.0. The van der Waals surface area contributed by atoms with Gasteiger partial charge in [-0.15, -0.1) is 0 Å². The van der Waals surface area contributed by atoms with Crippen molar-refractivity contribution in [3.63, 3.8) is 0 Å². The van der Waals surface area contributed by atoms with E-state index in [0.29, 0.717) is 5.54 Å². The minimum Gasteiger partial charge on any atom is -0.380 e. The number of nitrogens with one attached hydrogen (secondary N) is 1. The van der Waals surface area contributed by atoms with Crippen molar-refractivity contribution < 1.29 is 9.47 Å². The number of hydrogen-bond acceptors (Lipinski definition) is 4. The van der Waals surface area contributed by atoms with Crippen LogP contribution in [-0.4, -0.2) is 63.0 Å². The predicted octanol–water partition coefficient (Wildman–Crippen LogP) is 1.89. The first-order valence-electron chi connectivity index (χ1n) is 7.89. The van der Waals surface area contributed by atoms with Crippen LogP contribution in [0.25, 0.3) is 0 Å². The van der Waals surface area contributed by atoms with Gasteiger partial charge >= 0.3 is 0 Å². The lowest BCUT2D eigenvalue weighted by atomic mass is 9.93. The molecule has 0 aromatic rings. The Kier molecular flexibility index (Phi) is 8.62. The third-order valence-electron chi connectivity index (χ3n) is 4.05. The van der Waals surface area contributed by atoms with Gasteiger partial charge in [-0.3, -0.25) is 4.90 Å². The fraction of sp³-hybridized carbons (Fsp3) is 1.00. The molecule has 0 aromatic heterocycles. The normalized spacial score (nSPS) is 23.4. The molecule has 1 atom stereocenters. The van der Waals surface area contributed by atoms with Crippen LogP contribution in [0.5, 0.6) is 0 Å². The van der Waals surface area contributed by atoms with Gasteiger partial charge in [-0.1, -0.05) is 6.92 Å². The van der Waals surface area contributed by atoms with Crippen LogP contribution in [0.4, 0.5) is 0 Å². The second kappa shape index (κ2) is 9.70. The maximum Gasteiger partial charge on any atom is 0.0593 e. The lowest BCUT2D eigenvalue weighted by molar-refractivity contribution is 0.0689. The quantitative estimate of drug-likeness (QED) is 0.582. The van der Waals surface area contributed by atoms with Crippen LogP contribution in [0, 0.1) is 0 Å². The number of rotatable bonds is 11. The molecule has 1 aliphatic rings. The highest BCUT2D eigenvalue weighted by Crippen LogP contribution is 2.24. The highest BCUT2D eigenvalue weighted by Gasteiger charge is 2.33. The average molecular weight is 272 g/mol. The van der Waals surface area contributed by atoms with Crippen LogP contribution < -0.4 is 5.32 Å². The van der Waals surface area contributed by atoms with Crippen LogP contribution in [0.15, 0.2) is 0 Å². The largest absolute Gasteiger partial charge is 0.380 e. The van der Waals surface area contributed by atoms with E-state index in [1.165, 1.54) is 25.8 Å². The second-order valence-corrected chi connectivity index (χ2v) is 5.33. The molecule has 0 amide bonds. The molecule has 0 spiro atoms. The first-order chi connectivity index (χ1) is 9.26. The third kappa shape index (κ3) is 6.21. The highest BCUT2D eigenvalue weighted by molar-refractivity contribution is 4.94. The van der Waals surface area contributed by atoms with Gasteiger partial charge in [-0.2, -0.15) is 0 Å². The van der Waals surface area contributed by atoms with Gasteiger partial charge in [0.1, 0.15) is 0 Å². The summed E-state index contributed by atoms with van der Waals surface area (Å²) in [5.74, 6) is 0. The monoisotopic (exact) mass is 272 g/mol. The SMILES string of the molecule is CCOCCN(CCOCC)CC1(CC)CCCN1. The molecular weight excluding hydrogens is 240 g/mol. The number of hydrogen-bond donors (Lipinski definition) is 1. The van der Waals surface area contributed by atoms with Crippen molar-refractivity contribution in [1.29, 1.82) is 0 Å². The standard InChI is InChI=1S/C15H32N2O2/c1-4-15(8-7-9-16-15)14-17(10-12-18-5-2)11-13-19-6-3/h16H,4-14H2,1-3H3. The lowest BCUT2D eigenvalue weighted by Crippen LogP contribution is -2.50. The van der Waals surface area contributed by atoms with Gasteiger partial charge in [-0.25, -0.2) is 0 Å². The Labute approximate surface area is 118 Å². The van der Waals surface area contributed by atoms with Gasteiger partial charge in [0.15, 0.2) is 0 Å². The molecule has 1 heterocycles. The smallest absolute Gasteiger partial charge is 0.0593 e. The summed E-state index contributed by atoms with van der Waals surface area (Å²) < 4.78 is 11.0. The fourth-order valence-electron chi connectivity index (χ4n) is 2.79. The minimum absolute atomic E-state index is 0.318. The minimum atomic E-state index is 0.318. The summed E-state index contributed by atoms with van der Waals surface area (Å²) >= 11 is 0. The predicted molar refractivity (Wildman–Crippen MR) is 79.7 cm³/mol. The Bertz CT molecular complexity index is 208. The topological polar surface area (TPSA) is 33.7 Å². The van der Waals surface area contributed by atoms with Crippen LogP contribution in [0.3, 0.4) is 0 Å². The molecule has 1 rings (SSSR count). The van der Waals surface area contributed by atoms with Crippen molar-refractivity contribution in [2.75, 3.05) is 52.6 Å². The molecule has 114 valence electrons. The van der Waals surface area contributed by atoms with E-state index in [1.807, 2.05) is 0 Å². The molecule has 0 aromatic carbocycles. The molecule has 1 aliphatic heterocycles. The van der Waals surface area contributed by atoms with E-state index in [-0.39, 0.29) is 0 Å². The number of nitrogens with zero attached hydrogens (tertiary/aromatic N) is 1. The van der Waals surface area contributed by atoms with E-state index < -0.39 is 0 Å². The molecule has 19 heavy (non-hydrogen) atoms. The van der Waals surface area contributed by atoms with E-state index in [9.17, 15) is 0 Å². The van der Waals surface area contributed by atoms with Gasteiger partial charge in [0.2, 0.25) is 0 Å². The third-order valence-corrected chi connectivity index (χ3v) is 4.05. The average Bonchev–Trinajstić information content (AvgIpc) is 2.88. The molecule has 1 saturated heterocycles. The molecule has 1 N–H and O–H groups in total. The summed E-state index contributed by atoms with van der Waals surface area (Å²) in [6.45, 7) is 13.9. The summed E-state index contributed by atoms with van der Waals surface area (Å²) in [7, 11) is 0. The van der Waals surface area contributed by atoms with Crippen molar-refractivity contribution >= 4 is 0 Å². The van der Waals surface area contributed by atoms with Gasteiger partial charge < -0.3 is 14.8 Å². The van der Waals surface area contributed by atoms with Crippen molar-refractivity contribution in [3.8, 4) is 0 Å². The van der Waals surface area contributed by atoms with E-state index in [1.54, 1.807) is 0 Å². The molecule has 1 unspecified atom stereocenters. The van der Waals surface area contributed by atoms with E-state index in [4.69, 9.17) is 9.47 Å². The Morgan fingerprint density at radius 2 is 1.68 bits per heavy atom. The van der Waals surface area contributed by atoms with Gasteiger partial charge in [-0.05, 0) is 39.7 Å². The lowest BCUT2D eigenvalue weighted by Gasteiger charge is -2.35. The van der Waals surface area contributed by atoms with Crippen LogP contribution in [0.1, 0.15) is 40.0 Å². The molecule has 4 nitrogen and oxygen atoms in total. The van der Waals surface area contributed by atoms with Gasteiger partial charge in [0.05, 0.1) is 13.2 Å². The summed E-state index contributed by atoms with van der Waals surface area (Å²) in [5, 5.41) is 3.71. The van der Waals surface area contributed by atoms with Crippen molar-refractivity contribution in [2.45, 2.75) is 45.6 Å². The number of ether oxygens (including phenoxy) is 2. The van der Waals surface area contributed by atoms with Crippen LogP contribution in [-0.2, 0) is 9.47 Å². The van der Waals surface area contributed by atoms with E-state index in [2.05, 4.69) is 31.0 Å². The molecule has 1 fully saturated rings. The molecule has 0 radical (unpaired) electrons. The molecule has 4 heteroatoms. The highest BCUT2D eigenvalue weighted by atomic mass is 16.5. The summed E-state index contributed by atoms with van der Waals surface area (Å²) in [4.78, 5) is 2.49. The molecule has 0 aliphatic carbocycles.